The Hall–Kier alpha value is -2.62. The molecule has 2 N–H and O–H groups in total. The molecule has 2 aromatic heterocycles. The van der Waals surface area contributed by atoms with Gasteiger partial charge in [0, 0.05) is 23.3 Å². The summed E-state index contributed by atoms with van der Waals surface area (Å²) in [6.07, 6.45) is 5.00. The SMILES string of the molecule is Nn1c(=O)c(CCc2cccnc2)cc2ccccc21. The highest BCUT2D eigenvalue weighted by molar-refractivity contribution is 5.79. The van der Waals surface area contributed by atoms with Gasteiger partial charge in [-0.05, 0) is 36.6 Å². The quantitative estimate of drug-likeness (QED) is 0.736. The molecule has 3 rings (SSSR count). The van der Waals surface area contributed by atoms with Gasteiger partial charge >= 0.3 is 0 Å². The van der Waals surface area contributed by atoms with Gasteiger partial charge in [0.25, 0.3) is 5.56 Å². The fourth-order valence-corrected chi connectivity index (χ4v) is 2.35. The molecule has 0 atom stereocenters. The van der Waals surface area contributed by atoms with Gasteiger partial charge in [0.05, 0.1) is 5.52 Å². The Morgan fingerprint density at radius 1 is 1.10 bits per heavy atom. The summed E-state index contributed by atoms with van der Waals surface area (Å²) in [5.41, 5.74) is 2.47. The fourth-order valence-electron chi connectivity index (χ4n) is 2.35. The van der Waals surface area contributed by atoms with Gasteiger partial charge in [-0.25, -0.2) is 4.68 Å². The Morgan fingerprint density at radius 3 is 2.75 bits per heavy atom. The summed E-state index contributed by atoms with van der Waals surface area (Å²) in [6.45, 7) is 0. The Kier molecular flexibility index (Phi) is 3.21. The van der Waals surface area contributed by atoms with Crippen LogP contribution in [0.1, 0.15) is 11.1 Å². The van der Waals surface area contributed by atoms with Gasteiger partial charge in [-0.1, -0.05) is 24.3 Å². The van der Waals surface area contributed by atoms with E-state index in [1.54, 1.807) is 6.20 Å². The molecule has 0 radical (unpaired) electrons. The summed E-state index contributed by atoms with van der Waals surface area (Å²) in [4.78, 5) is 16.3. The molecule has 0 aliphatic heterocycles. The van der Waals surface area contributed by atoms with Crippen LogP contribution in [0.5, 0.6) is 0 Å². The summed E-state index contributed by atoms with van der Waals surface area (Å²) < 4.78 is 1.23. The smallest absolute Gasteiger partial charge is 0.272 e. The van der Waals surface area contributed by atoms with E-state index < -0.39 is 0 Å². The van der Waals surface area contributed by atoms with Gasteiger partial charge in [0.1, 0.15) is 0 Å². The second kappa shape index (κ2) is 5.17. The first-order valence-corrected chi connectivity index (χ1v) is 6.53. The van der Waals surface area contributed by atoms with Crippen LogP contribution in [0.25, 0.3) is 10.9 Å². The van der Waals surface area contributed by atoms with Gasteiger partial charge in [0.2, 0.25) is 0 Å². The number of aryl methyl sites for hydroxylation is 2. The summed E-state index contributed by atoms with van der Waals surface area (Å²) in [5, 5.41) is 0.982. The average molecular weight is 265 g/mol. The molecule has 0 aliphatic carbocycles. The molecule has 0 aliphatic rings. The number of hydrogen-bond acceptors (Lipinski definition) is 3. The average Bonchev–Trinajstić information content (AvgIpc) is 2.50. The minimum atomic E-state index is -0.132. The largest absolute Gasteiger partial charge is 0.336 e. The number of hydrogen-bond donors (Lipinski definition) is 1. The maximum atomic E-state index is 12.2. The zero-order valence-electron chi connectivity index (χ0n) is 11.0. The molecule has 4 heteroatoms. The number of rotatable bonds is 3. The van der Waals surface area contributed by atoms with Crippen molar-refractivity contribution in [2.45, 2.75) is 12.8 Å². The van der Waals surface area contributed by atoms with E-state index in [4.69, 9.17) is 5.84 Å². The zero-order valence-corrected chi connectivity index (χ0v) is 11.0. The van der Waals surface area contributed by atoms with Crippen LogP contribution in [-0.2, 0) is 12.8 Å². The van der Waals surface area contributed by atoms with Crippen molar-refractivity contribution in [2.75, 3.05) is 5.84 Å². The first kappa shape index (κ1) is 12.4. The second-order valence-corrected chi connectivity index (χ2v) is 4.76. The molecule has 0 bridgehead atoms. The number of fused-ring (bicyclic) bond motifs is 1. The van der Waals surface area contributed by atoms with E-state index in [0.29, 0.717) is 6.42 Å². The molecular weight excluding hydrogens is 250 g/mol. The number of para-hydroxylation sites is 1. The van der Waals surface area contributed by atoms with Crippen molar-refractivity contribution in [3.8, 4) is 0 Å². The third kappa shape index (κ3) is 2.28. The van der Waals surface area contributed by atoms with Crippen molar-refractivity contribution in [1.29, 1.82) is 0 Å². The van der Waals surface area contributed by atoms with Crippen LogP contribution in [0.4, 0.5) is 0 Å². The maximum Gasteiger partial charge on any atom is 0.272 e. The first-order chi connectivity index (χ1) is 9.75. The summed E-state index contributed by atoms with van der Waals surface area (Å²) in [5.74, 6) is 5.88. The van der Waals surface area contributed by atoms with E-state index in [1.807, 2.05) is 48.7 Å². The monoisotopic (exact) mass is 265 g/mol. The van der Waals surface area contributed by atoms with Gasteiger partial charge in [-0.2, -0.15) is 0 Å². The lowest BCUT2D eigenvalue weighted by atomic mass is 10.1. The van der Waals surface area contributed by atoms with Crippen LogP contribution >= 0.6 is 0 Å². The van der Waals surface area contributed by atoms with Crippen molar-refractivity contribution < 1.29 is 0 Å². The van der Waals surface area contributed by atoms with Crippen LogP contribution in [0, 0.1) is 0 Å². The van der Waals surface area contributed by atoms with Crippen molar-refractivity contribution in [1.82, 2.24) is 9.66 Å². The lowest BCUT2D eigenvalue weighted by Crippen LogP contribution is -2.30. The molecule has 3 aromatic rings. The van der Waals surface area contributed by atoms with Crippen molar-refractivity contribution in [3.63, 3.8) is 0 Å². The number of nitrogens with zero attached hydrogens (tertiary/aromatic N) is 2. The van der Waals surface area contributed by atoms with Gasteiger partial charge < -0.3 is 5.84 Å². The number of aromatic nitrogens is 2. The number of nitrogens with two attached hydrogens (primary N) is 1. The molecule has 0 amide bonds. The van der Waals surface area contributed by atoms with E-state index in [2.05, 4.69) is 4.98 Å². The number of nitrogen functional groups attached to an aromatic ring is 1. The van der Waals surface area contributed by atoms with Gasteiger partial charge in [-0.3, -0.25) is 9.78 Å². The summed E-state index contributed by atoms with van der Waals surface area (Å²) >= 11 is 0. The Bertz CT molecular complexity index is 794. The number of benzene rings is 1. The van der Waals surface area contributed by atoms with Gasteiger partial charge in [-0.15, -0.1) is 0 Å². The molecule has 0 unspecified atom stereocenters. The van der Waals surface area contributed by atoms with E-state index in [0.717, 1.165) is 28.5 Å². The van der Waals surface area contributed by atoms with Crippen LogP contribution in [0.3, 0.4) is 0 Å². The number of pyridine rings is 2. The Balaban J connectivity index is 1.96. The molecule has 4 nitrogen and oxygen atoms in total. The van der Waals surface area contributed by atoms with Crippen molar-refractivity contribution >= 4 is 10.9 Å². The predicted molar refractivity (Wildman–Crippen MR) is 80.0 cm³/mol. The van der Waals surface area contributed by atoms with Crippen LogP contribution in [0.15, 0.2) is 59.7 Å². The van der Waals surface area contributed by atoms with Crippen molar-refractivity contribution in [3.05, 3.63) is 76.3 Å². The van der Waals surface area contributed by atoms with E-state index >= 15 is 0 Å². The Morgan fingerprint density at radius 2 is 1.95 bits per heavy atom. The first-order valence-electron chi connectivity index (χ1n) is 6.53. The molecule has 100 valence electrons. The zero-order chi connectivity index (χ0) is 13.9. The van der Waals surface area contributed by atoms with Crippen LogP contribution < -0.4 is 11.4 Å². The van der Waals surface area contributed by atoms with Crippen LogP contribution in [-0.4, -0.2) is 9.66 Å². The standard InChI is InChI=1S/C16H15N3O/c17-19-15-6-2-1-5-13(15)10-14(16(19)20)8-7-12-4-3-9-18-11-12/h1-6,9-11H,7-8,17H2. The summed E-state index contributed by atoms with van der Waals surface area (Å²) in [6, 6.07) is 13.5. The molecule has 1 aromatic carbocycles. The van der Waals surface area contributed by atoms with Crippen molar-refractivity contribution in [2.24, 2.45) is 0 Å². The molecular formula is C16H15N3O. The highest BCUT2D eigenvalue weighted by Gasteiger charge is 2.07. The van der Waals surface area contributed by atoms with E-state index in [1.165, 1.54) is 4.68 Å². The normalized spacial score (nSPS) is 10.8. The Labute approximate surface area is 116 Å². The second-order valence-electron chi connectivity index (χ2n) is 4.76. The van der Waals surface area contributed by atoms with Gasteiger partial charge in [0.15, 0.2) is 0 Å². The predicted octanol–water partition coefficient (Wildman–Crippen LogP) is 1.90. The summed E-state index contributed by atoms with van der Waals surface area (Å²) in [7, 11) is 0. The van der Waals surface area contributed by atoms with Crippen LogP contribution in [0.2, 0.25) is 0 Å². The topological polar surface area (TPSA) is 60.9 Å². The highest BCUT2D eigenvalue weighted by atomic mass is 16.1. The molecule has 20 heavy (non-hydrogen) atoms. The molecule has 0 saturated carbocycles. The maximum absolute atomic E-state index is 12.2. The molecule has 0 saturated heterocycles. The molecule has 0 fully saturated rings. The third-order valence-corrected chi connectivity index (χ3v) is 3.43. The highest BCUT2D eigenvalue weighted by Crippen LogP contribution is 2.12. The lowest BCUT2D eigenvalue weighted by molar-refractivity contribution is 0.888. The molecule has 0 spiro atoms. The third-order valence-electron chi connectivity index (χ3n) is 3.43. The minimum absolute atomic E-state index is 0.132. The van der Waals surface area contributed by atoms with E-state index in [9.17, 15) is 4.79 Å². The minimum Gasteiger partial charge on any atom is -0.336 e. The molecule has 2 heterocycles. The lowest BCUT2D eigenvalue weighted by Gasteiger charge is -2.08. The van der Waals surface area contributed by atoms with E-state index in [-0.39, 0.29) is 5.56 Å². The fraction of sp³-hybridized carbons (Fsp3) is 0.125.